The monoisotopic (exact) mass is 503 g/mol. The molecule has 5 rings (SSSR count). The number of benzene rings is 2. The molecule has 186 valence electrons. The van der Waals surface area contributed by atoms with Gasteiger partial charge in [0.15, 0.2) is 5.82 Å². The zero-order chi connectivity index (χ0) is 25.0. The van der Waals surface area contributed by atoms with Gasteiger partial charge in [-0.15, -0.1) is 0 Å². The van der Waals surface area contributed by atoms with E-state index >= 15 is 0 Å². The summed E-state index contributed by atoms with van der Waals surface area (Å²) in [5.74, 6) is 1.40. The van der Waals surface area contributed by atoms with Crippen LogP contribution in [0.5, 0.6) is 0 Å². The van der Waals surface area contributed by atoms with Gasteiger partial charge in [-0.1, -0.05) is 48.5 Å². The van der Waals surface area contributed by atoms with Crippen LogP contribution in [0.4, 0.5) is 17.5 Å². The Bertz CT molecular complexity index is 1400. The lowest BCUT2D eigenvalue weighted by molar-refractivity contribution is 0.126. The largest absolute Gasteiger partial charge is 0.393 e. The molecule has 2 aromatic carbocycles. The molecule has 1 aliphatic rings. The zero-order valence-electron chi connectivity index (χ0n) is 19.8. The number of rotatable bonds is 8. The molecule has 0 atom stereocenters. The van der Waals surface area contributed by atoms with E-state index in [4.69, 9.17) is 0 Å². The summed E-state index contributed by atoms with van der Waals surface area (Å²) in [6, 6.07) is 23.6. The van der Waals surface area contributed by atoms with E-state index in [-0.39, 0.29) is 21.9 Å². The fourth-order valence-electron chi connectivity index (χ4n) is 4.43. The first kappa shape index (κ1) is 24.0. The van der Waals surface area contributed by atoms with E-state index in [2.05, 4.69) is 37.9 Å². The number of H-pyrrole nitrogens is 1. The normalized spacial score (nSPS) is 18.0. The molecule has 8 nitrogen and oxygen atoms in total. The highest BCUT2D eigenvalue weighted by atomic mass is 32.2. The first-order valence-electron chi connectivity index (χ1n) is 12.1. The van der Waals surface area contributed by atoms with E-state index in [1.54, 1.807) is 36.4 Å². The number of nitrogens with one attached hydrogen (secondary N) is 3. The van der Waals surface area contributed by atoms with Crippen LogP contribution in [0, 0.1) is 0 Å². The van der Waals surface area contributed by atoms with Crippen LogP contribution < -0.4 is 10.6 Å². The molecule has 0 radical (unpaired) electrons. The molecule has 0 spiro atoms. The summed E-state index contributed by atoms with van der Waals surface area (Å²) in [4.78, 5) is 5.00. The SMILES string of the molecule is O=S(=O)(c1ccccc1)c1cc(Nc2cc(Cc3ccccc3)[nH]n2)nc(NC2CCC(O)CC2)c1. The number of hydrogen-bond donors (Lipinski definition) is 4. The summed E-state index contributed by atoms with van der Waals surface area (Å²) in [6.45, 7) is 0. The van der Waals surface area contributed by atoms with Crippen molar-refractivity contribution in [3.8, 4) is 0 Å². The van der Waals surface area contributed by atoms with Crippen LogP contribution in [0.3, 0.4) is 0 Å². The van der Waals surface area contributed by atoms with Gasteiger partial charge >= 0.3 is 0 Å². The van der Waals surface area contributed by atoms with Crippen molar-refractivity contribution in [2.75, 3.05) is 10.6 Å². The minimum absolute atomic E-state index is 0.117. The Morgan fingerprint density at radius 2 is 1.50 bits per heavy atom. The van der Waals surface area contributed by atoms with Crippen molar-refractivity contribution in [1.82, 2.24) is 15.2 Å². The minimum Gasteiger partial charge on any atom is -0.393 e. The van der Waals surface area contributed by atoms with Crippen molar-refractivity contribution in [2.45, 2.75) is 54.0 Å². The van der Waals surface area contributed by atoms with Gasteiger partial charge in [0.25, 0.3) is 0 Å². The van der Waals surface area contributed by atoms with Crippen LogP contribution in [0.25, 0.3) is 0 Å². The van der Waals surface area contributed by atoms with Gasteiger partial charge in [-0.2, -0.15) is 5.10 Å². The van der Waals surface area contributed by atoms with Gasteiger partial charge in [0, 0.05) is 30.3 Å². The maximum atomic E-state index is 13.4. The molecule has 2 aromatic heterocycles. The van der Waals surface area contributed by atoms with Gasteiger partial charge in [-0.05, 0) is 49.4 Å². The van der Waals surface area contributed by atoms with Crippen molar-refractivity contribution in [1.29, 1.82) is 0 Å². The Morgan fingerprint density at radius 3 is 2.22 bits per heavy atom. The smallest absolute Gasteiger partial charge is 0.206 e. The molecule has 0 bridgehead atoms. The lowest BCUT2D eigenvalue weighted by Gasteiger charge is -2.26. The predicted octanol–water partition coefficient (Wildman–Crippen LogP) is 4.69. The van der Waals surface area contributed by atoms with Crippen LogP contribution >= 0.6 is 0 Å². The van der Waals surface area contributed by atoms with E-state index in [9.17, 15) is 13.5 Å². The Balaban J connectivity index is 1.42. The fourth-order valence-corrected chi connectivity index (χ4v) is 5.75. The Kier molecular flexibility index (Phi) is 7.02. The highest BCUT2D eigenvalue weighted by Crippen LogP contribution is 2.28. The van der Waals surface area contributed by atoms with Gasteiger partial charge in [0.05, 0.1) is 15.9 Å². The summed E-state index contributed by atoms with van der Waals surface area (Å²) in [7, 11) is -3.75. The molecular weight excluding hydrogens is 474 g/mol. The van der Waals surface area contributed by atoms with E-state index in [1.807, 2.05) is 24.3 Å². The molecule has 4 N–H and O–H groups in total. The molecule has 0 saturated heterocycles. The molecule has 1 saturated carbocycles. The number of aromatic nitrogens is 3. The fraction of sp³-hybridized carbons (Fsp3) is 0.259. The number of sulfone groups is 1. The van der Waals surface area contributed by atoms with Gasteiger partial charge in [0.1, 0.15) is 11.6 Å². The van der Waals surface area contributed by atoms with Crippen molar-refractivity contribution >= 4 is 27.3 Å². The lowest BCUT2D eigenvalue weighted by atomic mass is 9.93. The minimum atomic E-state index is -3.75. The number of hydrogen-bond acceptors (Lipinski definition) is 7. The third-order valence-corrected chi connectivity index (χ3v) is 8.08. The van der Waals surface area contributed by atoms with E-state index in [1.165, 1.54) is 6.07 Å². The molecule has 1 aliphatic carbocycles. The van der Waals surface area contributed by atoms with Crippen molar-refractivity contribution in [3.05, 3.63) is 90.1 Å². The first-order chi connectivity index (χ1) is 17.5. The molecule has 1 fully saturated rings. The van der Waals surface area contributed by atoms with Crippen LogP contribution in [-0.2, 0) is 16.3 Å². The average Bonchev–Trinajstić information content (AvgIpc) is 3.33. The molecule has 2 heterocycles. The Labute approximate surface area is 210 Å². The molecular formula is C27H29N5O3S. The maximum absolute atomic E-state index is 13.4. The third kappa shape index (κ3) is 5.75. The van der Waals surface area contributed by atoms with Gasteiger partial charge in [-0.3, -0.25) is 5.10 Å². The second-order valence-corrected chi connectivity index (χ2v) is 11.1. The van der Waals surface area contributed by atoms with Crippen molar-refractivity contribution in [2.24, 2.45) is 0 Å². The van der Waals surface area contributed by atoms with E-state index in [0.717, 1.165) is 24.1 Å². The number of pyridine rings is 1. The number of nitrogens with zero attached hydrogens (tertiary/aromatic N) is 2. The zero-order valence-corrected chi connectivity index (χ0v) is 20.6. The van der Waals surface area contributed by atoms with E-state index in [0.29, 0.717) is 36.7 Å². The Hall–Kier alpha value is -3.69. The molecule has 0 aliphatic heterocycles. The molecule has 0 amide bonds. The second-order valence-electron chi connectivity index (χ2n) is 9.11. The highest BCUT2D eigenvalue weighted by molar-refractivity contribution is 7.91. The topological polar surface area (TPSA) is 120 Å². The van der Waals surface area contributed by atoms with Crippen LogP contribution in [0.15, 0.2) is 88.7 Å². The van der Waals surface area contributed by atoms with Crippen LogP contribution in [0.1, 0.15) is 36.9 Å². The predicted molar refractivity (Wildman–Crippen MR) is 139 cm³/mol. The van der Waals surface area contributed by atoms with Gasteiger partial charge in [-0.25, -0.2) is 13.4 Å². The maximum Gasteiger partial charge on any atom is 0.206 e. The standard InChI is InChI=1S/C27H29N5O3S/c33-22-13-11-20(12-14-22)28-25-17-24(36(34,35)23-9-5-2-6-10-23)18-26(29-25)30-27-16-21(31-32-27)15-19-7-3-1-4-8-19/h1-10,16-18,20,22,33H,11-15H2,(H3,28,29,30,31,32). The van der Waals surface area contributed by atoms with Gasteiger partial charge in [0.2, 0.25) is 9.84 Å². The molecule has 9 heteroatoms. The van der Waals surface area contributed by atoms with E-state index < -0.39 is 9.84 Å². The lowest BCUT2D eigenvalue weighted by Crippen LogP contribution is -2.28. The Morgan fingerprint density at radius 1 is 0.833 bits per heavy atom. The number of aromatic amines is 1. The summed E-state index contributed by atoms with van der Waals surface area (Å²) in [5, 5.41) is 23.7. The highest BCUT2D eigenvalue weighted by Gasteiger charge is 2.23. The average molecular weight is 504 g/mol. The number of anilines is 3. The summed E-state index contributed by atoms with van der Waals surface area (Å²) < 4.78 is 26.8. The van der Waals surface area contributed by atoms with Crippen LogP contribution in [0.2, 0.25) is 0 Å². The molecule has 0 unspecified atom stereocenters. The molecule has 36 heavy (non-hydrogen) atoms. The van der Waals surface area contributed by atoms with Gasteiger partial charge < -0.3 is 15.7 Å². The van der Waals surface area contributed by atoms with Crippen molar-refractivity contribution in [3.63, 3.8) is 0 Å². The number of aliphatic hydroxyl groups excluding tert-OH is 1. The number of aliphatic hydroxyl groups is 1. The van der Waals surface area contributed by atoms with Crippen LogP contribution in [-0.4, -0.2) is 40.9 Å². The first-order valence-corrected chi connectivity index (χ1v) is 13.6. The summed E-state index contributed by atoms with van der Waals surface area (Å²) in [6.07, 6.45) is 3.44. The van der Waals surface area contributed by atoms with Crippen molar-refractivity contribution < 1.29 is 13.5 Å². The summed E-state index contributed by atoms with van der Waals surface area (Å²) >= 11 is 0. The quantitative estimate of drug-likeness (QED) is 0.275. The third-order valence-electron chi connectivity index (χ3n) is 6.34. The second kappa shape index (κ2) is 10.5. The molecule has 4 aromatic rings. The summed E-state index contributed by atoms with van der Waals surface area (Å²) in [5.41, 5.74) is 2.08.